The number of pyridine rings is 2. The number of aliphatic imine (C=N–C) groups is 1. The van der Waals surface area contributed by atoms with Gasteiger partial charge in [-0.2, -0.15) is 0 Å². The number of anilines is 1. The van der Waals surface area contributed by atoms with Crippen LogP contribution in [0.5, 0.6) is 0 Å². The van der Waals surface area contributed by atoms with Crippen LogP contribution in [0.15, 0.2) is 34.1 Å². The molecular weight excluding hydrogens is 632 g/mol. The van der Waals surface area contributed by atoms with Gasteiger partial charge in [-0.1, -0.05) is 46.6 Å². The smallest absolute Gasteiger partial charge is 0.355 e. The lowest BCUT2D eigenvalue weighted by Gasteiger charge is -2.36. The fraction of sp³-hybridized carbons (Fsp3) is 0.457. The molecule has 0 bridgehead atoms. The molecule has 3 atom stereocenters. The summed E-state index contributed by atoms with van der Waals surface area (Å²) < 4.78 is 12.8. The predicted octanol–water partition coefficient (Wildman–Crippen LogP) is 3.24. The van der Waals surface area contributed by atoms with Gasteiger partial charge in [0.1, 0.15) is 12.6 Å². The zero-order valence-corrected chi connectivity index (χ0v) is 27.9. The first-order valence-electron chi connectivity index (χ1n) is 16.6. The topological polar surface area (TPSA) is 196 Å². The van der Waals surface area contributed by atoms with Gasteiger partial charge in [-0.05, 0) is 37.0 Å². The van der Waals surface area contributed by atoms with E-state index in [9.17, 15) is 29.1 Å². The minimum absolute atomic E-state index is 0.107. The van der Waals surface area contributed by atoms with Crippen LogP contribution in [0.4, 0.5) is 11.4 Å². The number of aliphatic carboxylic acids is 1. The molecule has 1 amide bonds. The number of aromatic nitrogens is 2. The number of carboxylic acid groups (broad SMARTS) is 1. The highest BCUT2D eigenvalue weighted by Crippen LogP contribution is 2.47. The Morgan fingerprint density at radius 1 is 1.16 bits per heavy atom. The van der Waals surface area contributed by atoms with Crippen molar-refractivity contribution in [2.24, 2.45) is 16.6 Å². The summed E-state index contributed by atoms with van der Waals surface area (Å²) >= 11 is 0. The van der Waals surface area contributed by atoms with Crippen LogP contribution in [-0.2, 0) is 47.4 Å². The van der Waals surface area contributed by atoms with Crippen LogP contribution in [0.1, 0.15) is 76.5 Å². The van der Waals surface area contributed by atoms with Crippen molar-refractivity contribution < 1.29 is 33.8 Å². The van der Waals surface area contributed by atoms with Gasteiger partial charge in [0, 0.05) is 17.7 Å². The molecule has 5 heterocycles. The number of fused-ring (bicyclic) bond motifs is 5. The van der Waals surface area contributed by atoms with E-state index in [2.05, 4.69) is 22.1 Å². The summed E-state index contributed by atoms with van der Waals surface area (Å²) in [6.45, 7) is 7.78. The quantitative estimate of drug-likeness (QED) is 0.148. The van der Waals surface area contributed by atoms with Gasteiger partial charge in [0.15, 0.2) is 0 Å². The molecule has 3 aliphatic rings. The normalized spacial score (nSPS) is 18.4. The predicted molar refractivity (Wildman–Crippen MR) is 180 cm³/mol. The van der Waals surface area contributed by atoms with Crippen LogP contribution in [0.2, 0.25) is 0 Å². The minimum Gasteiger partial charge on any atom is -0.480 e. The lowest BCUT2D eigenvalue weighted by Crippen LogP contribution is -2.52. The Kier molecular flexibility index (Phi) is 9.01. The largest absolute Gasteiger partial charge is 0.480 e. The number of hydrogen-bond acceptors (Lipinski definition) is 11. The van der Waals surface area contributed by atoms with E-state index < -0.39 is 53.5 Å². The summed E-state index contributed by atoms with van der Waals surface area (Å²) in [5.41, 5.74) is 8.01. The highest BCUT2D eigenvalue weighted by molar-refractivity contribution is 6.11. The number of nitrogens with one attached hydrogen (secondary N) is 1. The number of hydrogen-bond donors (Lipinski definition) is 3. The van der Waals surface area contributed by atoms with Crippen molar-refractivity contribution in [2.45, 2.75) is 90.6 Å². The molecule has 2 aromatic heterocycles. The average molecular weight is 673 g/mol. The molecule has 0 aliphatic carbocycles. The molecular formula is C35H40N6O8. The van der Waals surface area contributed by atoms with Crippen LogP contribution in [0.3, 0.4) is 0 Å². The summed E-state index contributed by atoms with van der Waals surface area (Å²) in [6.07, 6.45) is 3.97. The van der Waals surface area contributed by atoms with Crippen molar-refractivity contribution in [3.8, 4) is 11.4 Å². The Balaban J connectivity index is 1.41. The third-order valence-corrected chi connectivity index (χ3v) is 9.55. The molecule has 3 aliphatic heterocycles. The van der Waals surface area contributed by atoms with Gasteiger partial charge < -0.3 is 35.1 Å². The van der Waals surface area contributed by atoms with Crippen molar-refractivity contribution in [3.05, 3.63) is 51.3 Å². The van der Waals surface area contributed by atoms with E-state index in [0.29, 0.717) is 16.9 Å². The second-order valence-corrected chi connectivity index (χ2v) is 13.0. The van der Waals surface area contributed by atoms with Crippen molar-refractivity contribution >= 4 is 52.4 Å². The molecule has 0 radical (unpaired) electrons. The van der Waals surface area contributed by atoms with Crippen molar-refractivity contribution in [1.29, 1.82) is 0 Å². The van der Waals surface area contributed by atoms with Crippen molar-refractivity contribution in [3.63, 3.8) is 0 Å². The SMILES string of the molecule is CCCCCN1C=Nc2cccc3nc4c(c1c23)Cn1c-4cc2c(c1=O)COC(=O)[C@@]2(CC)OC(=O)C[C@@H](NC(=O)[C@@H](N)C(C)C)C(=O)O. The standard InChI is InChI=1S/C35H40N6O8/c1-5-7-8-12-40-17-37-22-10-9-11-23-27(22)30(40)19-15-41-25(29(19)38-23)13-21-20(32(41)44)16-48-34(47)35(21,6-2)49-26(42)14-24(33(45)46)39-31(43)28(36)18(3)4/h9-11,13,17-18,24,28H,5-8,12,14-16,36H2,1-4H3,(H,39,43)(H,45,46)/t24-,28+,35+/m1/s1. The van der Waals surface area contributed by atoms with E-state index in [4.69, 9.17) is 20.2 Å². The van der Waals surface area contributed by atoms with Gasteiger partial charge in [0.25, 0.3) is 5.56 Å². The number of carbonyl (C=O) groups excluding carboxylic acids is 3. The molecule has 0 saturated carbocycles. The van der Waals surface area contributed by atoms with Crippen LogP contribution in [-0.4, -0.2) is 63.4 Å². The van der Waals surface area contributed by atoms with E-state index in [0.717, 1.165) is 48.1 Å². The lowest BCUT2D eigenvalue weighted by molar-refractivity contribution is -0.190. The van der Waals surface area contributed by atoms with Gasteiger partial charge >= 0.3 is 17.9 Å². The Hall–Kier alpha value is -5.11. The monoisotopic (exact) mass is 672 g/mol. The summed E-state index contributed by atoms with van der Waals surface area (Å²) in [5.74, 6) is -4.48. The third-order valence-electron chi connectivity index (χ3n) is 9.55. The number of nitrogens with zero attached hydrogens (tertiary/aromatic N) is 4. The zero-order chi connectivity index (χ0) is 35.2. The van der Waals surface area contributed by atoms with E-state index in [-0.39, 0.29) is 36.6 Å². The molecule has 6 rings (SSSR count). The van der Waals surface area contributed by atoms with Crippen molar-refractivity contribution in [1.82, 2.24) is 14.9 Å². The fourth-order valence-electron chi connectivity index (χ4n) is 6.73. The molecule has 0 spiro atoms. The van der Waals surface area contributed by atoms with E-state index >= 15 is 0 Å². The summed E-state index contributed by atoms with van der Waals surface area (Å²) in [5, 5.41) is 12.9. The third kappa shape index (κ3) is 5.73. The van der Waals surface area contributed by atoms with E-state index in [1.807, 2.05) is 24.5 Å². The van der Waals surface area contributed by atoms with E-state index in [1.165, 1.54) is 0 Å². The number of esters is 2. The molecule has 49 heavy (non-hydrogen) atoms. The number of cyclic esters (lactones) is 1. The van der Waals surface area contributed by atoms with E-state index in [1.54, 1.807) is 31.4 Å². The zero-order valence-electron chi connectivity index (χ0n) is 27.9. The van der Waals surface area contributed by atoms with Crippen molar-refractivity contribution in [2.75, 3.05) is 11.4 Å². The molecule has 258 valence electrons. The fourth-order valence-corrected chi connectivity index (χ4v) is 6.73. The molecule has 0 saturated heterocycles. The number of carboxylic acids is 1. The highest BCUT2D eigenvalue weighted by atomic mass is 16.6. The van der Waals surface area contributed by atoms with Gasteiger partial charge in [-0.15, -0.1) is 0 Å². The first kappa shape index (κ1) is 33.8. The Morgan fingerprint density at radius 2 is 1.94 bits per heavy atom. The number of ether oxygens (including phenoxy) is 2. The molecule has 4 N–H and O–H groups in total. The molecule has 14 nitrogen and oxygen atoms in total. The Morgan fingerprint density at radius 3 is 2.63 bits per heavy atom. The van der Waals surface area contributed by atoms with Gasteiger partial charge in [0.05, 0.1) is 64.6 Å². The van der Waals surface area contributed by atoms with Crippen LogP contribution >= 0.6 is 0 Å². The van der Waals surface area contributed by atoms with Crippen LogP contribution in [0, 0.1) is 5.92 Å². The number of amides is 1. The second kappa shape index (κ2) is 13.1. The molecule has 0 unspecified atom stereocenters. The maximum absolute atomic E-state index is 14.2. The maximum Gasteiger partial charge on any atom is 0.355 e. The molecule has 14 heteroatoms. The van der Waals surface area contributed by atoms with Gasteiger partial charge in [-0.3, -0.25) is 14.4 Å². The first-order chi connectivity index (χ1) is 23.4. The van der Waals surface area contributed by atoms with Gasteiger partial charge in [-0.25, -0.2) is 19.6 Å². The Bertz CT molecular complexity index is 1970. The van der Waals surface area contributed by atoms with Gasteiger partial charge in [0.2, 0.25) is 11.5 Å². The number of carbonyl (C=O) groups is 4. The Labute approximate surface area is 282 Å². The average Bonchev–Trinajstić information content (AvgIpc) is 3.45. The van der Waals surface area contributed by atoms with Crippen LogP contribution in [0.25, 0.3) is 22.3 Å². The molecule has 0 fully saturated rings. The summed E-state index contributed by atoms with van der Waals surface area (Å²) in [7, 11) is 0. The first-order valence-corrected chi connectivity index (χ1v) is 16.6. The molecule has 1 aromatic carbocycles. The number of rotatable bonds is 12. The van der Waals surface area contributed by atoms with Crippen LogP contribution < -0.4 is 21.5 Å². The number of unbranched alkanes of at least 4 members (excludes halogenated alkanes) is 2. The molecule has 3 aromatic rings. The summed E-state index contributed by atoms with van der Waals surface area (Å²) in [4.78, 5) is 77.3. The second-order valence-electron chi connectivity index (χ2n) is 13.0. The minimum atomic E-state index is -2.04. The number of nitrogens with two attached hydrogens (primary N) is 1. The number of benzene rings is 1. The maximum atomic E-state index is 14.2. The lowest BCUT2D eigenvalue weighted by atomic mass is 9.85. The summed E-state index contributed by atoms with van der Waals surface area (Å²) in [6, 6.07) is 4.69. The highest BCUT2D eigenvalue weighted by Gasteiger charge is 2.51.